The van der Waals surface area contributed by atoms with E-state index in [1.165, 1.54) is 5.69 Å². The Morgan fingerprint density at radius 1 is 1.19 bits per heavy atom. The van der Waals surface area contributed by atoms with Gasteiger partial charge < -0.3 is 5.32 Å². The number of hydrogen-bond acceptors (Lipinski definition) is 4. The Morgan fingerprint density at radius 3 is 2.52 bits per heavy atom. The van der Waals surface area contributed by atoms with Gasteiger partial charge in [-0.05, 0) is 25.8 Å². The zero-order valence-corrected chi connectivity index (χ0v) is 13.7. The van der Waals surface area contributed by atoms with Gasteiger partial charge in [-0.3, -0.25) is 4.68 Å². The summed E-state index contributed by atoms with van der Waals surface area (Å²) < 4.78 is 3.80. The number of nitrogens with one attached hydrogen (secondary N) is 1. The molecule has 0 amide bonds. The van der Waals surface area contributed by atoms with Crippen LogP contribution in [-0.4, -0.2) is 31.3 Å². The maximum atomic E-state index is 4.50. The number of rotatable bonds is 7. The Bertz CT molecular complexity index is 583. The van der Waals surface area contributed by atoms with Crippen LogP contribution in [0.15, 0.2) is 6.20 Å². The highest BCUT2D eigenvalue weighted by Gasteiger charge is 2.21. The zero-order chi connectivity index (χ0) is 15.4. The van der Waals surface area contributed by atoms with Crippen molar-refractivity contribution >= 4 is 0 Å². The maximum Gasteiger partial charge on any atom is 0.108 e. The monoisotopic (exact) mass is 290 g/mol. The van der Waals surface area contributed by atoms with E-state index in [-0.39, 0.29) is 6.04 Å². The van der Waals surface area contributed by atoms with E-state index >= 15 is 0 Å². The first-order valence-electron chi connectivity index (χ1n) is 7.86. The van der Waals surface area contributed by atoms with Gasteiger partial charge in [0.2, 0.25) is 0 Å². The van der Waals surface area contributed by atoms with Gasteiger partial charge in [0.05, 0.1) is 23.6 Å². The fourth-order valence-corrected chi connectivity index (χ4v) is 2.74. The minimum atomic E-state index is 0.264. The van der Waals surface area contributed by atoms with E-state index < -0.39 is 0 Å². The molecule has 0 bridgehead atoms. The molecule has 6 heteroatoms. The summed E-state index contributed by atoms with van der Waals surface area (Å²) in [5.74, 6) is 0. The SMILES string of the molecule is CCNC(CC)c1nnn(-c2cn(C)nc2CC)c1CC. The highest BCUT2D eigenvalue weighted by Crippen LogP contribution is 2.23. The lowest BCUT2D eigenvalue weighted by Gasteiger charge is -2.14. The molecule has 1 atom stereocenters. The van der Waals surface area contributed by atoms with Crippen LogP contribution in [0.25, 0.3) is 5.69 Å². The fourth-order valence-electron chi connectivity index (χ4n) is 2.74. The summed E-state index contributed by atoms with van der Waals surface area (Å²) in [4.78, 5) is 0. The summed E-state index contributed by atoms with van der Waals surface area (Å²) in [7, 11) is 1.94. The molecule has 1 N–H and O–H groups in total. The first-order valence-corrected chi connectivity index (χ1v) is 7.86. The van der Waals surface area contributed by atoms with Gasteiger partial charge in [-0.15, -0.1) is 5.10 Å². The topological polar surface area (TPSA) is 60.6 Å². The van der Waals surface area contributed by atoms with Crippen molar-refractivity contribution in [2.75, 3.05) is 6.54 Å². The van der Waals surface area contributed by atoms with Gasteiger partial charge in [-0.25, -0.2) is 4.68 Å². The maximum absolute atomic E-state index is 4.50. The van der Waals surface area contributed by atoms with Gasteiger partial charge in [0, 0.05) is 7.05 Å². The predicted octanol–water partition coefficient (Wildman–Crippen LogP) is 2.19. The van der Waals surface area contributed by atoms with E-state index in [1.54, 1.807) is 0 Å². The van der Waals surface area contributed by atoms with E-state index in [9.17, 15) is 0 Å². The molecular weight excluding hydrogens is 264 g/mol. The number of nitrogens with zero attached hydrogens (tertiary/aromatic N) is 5. The Balaban J connectivity index is 2.48. The minimum absolute atomic E-state index is 0.264. The highest BCUT2D eigenvalue weighted by molar-refractivity contribution is 5.36. The van der Waals surface area contributed by atoms with Crippen LogP contribution in [-0.2, 0) is 19.9 Å². The number of aromatic nitrogens is 5. The average Bonchev–Trinajstić information content (AvgIpc) is 3.07. The van der Waals surface area contributed by atoms with E-state index in [0.717, 1.165) is 42.9 Å². The molecule has 0 aliphatic heterocycles. The van der Waals surface area contributed by atoms with Crippen molar-refractivity contribution in [3.8, 4) is 5.69 Å². The molecule has 1 unspecified atom stereocenters. The molecular formula is C15H26N6. The van der Waals surface area contributed by atoms with Crippen LogP contribution in [0.5, 0.6) is 0 Å². The van der Waals surface area contributed by atoms with Crippen LogP contribution in [0.4, 0.5) is 0 Å². The average molecular weight is 290 g/mol. The van der Waals surface area contributed by atoms with Crippen LogP contribution < -0.4 is 5.32 Å². The lowest BCUT2D eigenvalue weighted by molar-refractivity contribution is 0.520. The molecule has 0 radical (unpaired) electrons. The number of aryl methyl sites for hydroxylation is 2. The number of hydrogen-bond donors (Lipinski definition) is 1. The molecule has 21 heavy (non-hydrogen) atoms. The van der Waals surface area contributed by atoms with E-state index in [0.29, 0.717) is 0 Å². The molecule has 2 aromatic rings. The van der Waals surface area contributed by atoms with Crippen LogP contribution in [0.2, 0.25) is 0 Å². The molecule has 0 aliphatic carbocycles. The second-order valence-corrected chi connectivity index (χ2v) is 5.19. The van der Waals surface area contributed by atoms with Crippen molar-refractivity contribution in [3.63, 3.8) is 0 Å². The highest BCUT2D eigenvalue weighted by atomic mass is 15.5. The van der Waals surface area contributed by atoms with Gasteiger partial charge in [-0.1, -0.05) is 32.9 Å². The molecule has 0 saturated heterocycles. The molecule has 116 valence electrons. The van der Waals surface area contributed by atoms with Crippen LogP contribution in [0.1, 0.15) is 57.2 Å². The molecule has 0 saturated carbocycles. The van der Waals surface area contributed by atoms with Gasteiger partial charge in [-0.2, -0.15) is 5.10 Å². The lowest BCUT2D eigenvalue weighted by Crippen LogP contribution is -2.21. The summed E-state index contributed by atoms with van der Waals surface area (Å²) in [6, 6.07) is 0.264. The van der Waals surface area contributed by atoms with Crippen molar-refractivity contribution in [2.24, 2.45) is 7.05 Å². The van der Waals surface area contributed by atoms with Crippen molar-refractivity contribution in [1.82, 2.24) is 30.1 Å². The molecule has 0 fully saturated rings. The molecule has 0 spiro atoms. The third-order valence-corrected chi connectivity index (χ3v) is 3.76. The Labute approximate surface area is 126 Å². The normalized spacial score (nSPS) is 12.8. The first kappa shape index (κ1) is 15.7. The van der Waals surface area contributed by atoms with Gasteiger partial charge in [0.25, 0.3) is 0 Å². The van der Waals surface area contributed by atoms with Gasteiger partial charge >= 0.3 is 0 Å². The summed E-state index contributed by atoms with van der Waals surface area (Å²) in [6.07, 6.45) is 4.82. The summed E-state index contributed by atoms with van der Waals surface area (Å²) in [5, 5.41) is 16.8. The molecule has 2 rings (SSSR count). The lowest BCUT2D eigenvalue weighted by atomic mass is 10.1. The van der Waals surface area contributed by atoms with E-state index in [1.807, 2.05) is 22.6 Å². The van der Waals surface area contributed by atoms with Crippen molar-refractivity contribution in [3.05, 3.63) is 23.3 Å². The van der Waals surface area contributed by atoms with Crippen molar-refractivity contribution in [1.29, 1.82) is 0 Å². The second kappa shape index (κ2) is 6.85. The molecule has 0 aliphatic rings. The van der Waals surface area contributed by atoms with Crippen molar-refractivity contribution < 1.29 is 0 Å². The van der Waals surface area contributed by atoms with Crippen LogP contribution in [0, 0.1) is 0 Å². The zero-order valence-electron chi connectivity index (χ0n) is 13.7. The van der Waals surface area contributed by atoms with E-state index in [4.69, 9.17) is 0 Å². The smallest absolute Gasteiger partial charge is 0.108 e. The third-order valence-electron chi connectivity index (χ3n) is 3.76. The summed E-state index contributed by atoms with van der Waals surface area (Å²) in [6.45, 7) is 9.49. The Morgan fingerprint density at radius 2 is 1.95 bits per heavy atom. The third kappa shape index (κ3) is 3.00. The van der Waals surface area contributed by atoms with E-state index in [2.05, 4.69) is 48.4 Å². The summed E-state index contributed by atoms with van der Waals surface area (Å²) >= 11 is 0. The van der Waals surface area contributed by atoms with Crippen LogP contribution >= 0.6 is 0 Å². The molecule has 2 heterocycles. The van der Waals surface area contributed by atoms with Crippen molar-refractivity contribution in [2.45, 2.75) is 53.0 Å². The summed E-state index contributed by atoms with van der Waals surface area (Å²) in [5.41, 5.74) is 4.33. The second-order valence-electron chi connectivity index (χ2n) is 5.19. The fraction of sp³-hybridized carbons (Fsp3) is 0.667. The standard InChI is InChI=1S/C15H26N6/c1-6-11-14(10-20(5)18-11)21-13(8-3)15(17-19-21)12(7-2)16-9-4/h10,12,16H,6-9H2,1-5H3. The minimum Gasteiger partial charge on any atom is -0.309 e. The molecule has 6 nitrogen and oxygen atoms in total. The largest absolute Gasteiger partial charge is 0.309 e. The first-order chi connectivity index (χ1) is 10.2. The Hall–Kier alpha value is -1.69. The molecule has 0 aromatic carbocycles. The molecule has 2 aromatic heterocycles. The van der Waals surface area contributed by atoms with Crippen LogP contribution in [0.3, 0.4) is 0 Å². The quantitative estimate of drug-likeness (QED) is 0.849. The van der Waals surface area contributed by atoms with Gasteiger partial charge in [0.1, 0.15) is 11.4 Å². The Kier molecular flexibility index (Phi) is 5.12. The van der Waals surface area contributed by atoms with Gasteiger partial charge in [0.15, 0.2) is 0 Å². The predicted molar refractivity (Wildman–Crippen MR) is 83.6 cm³/mol.